The van der Waals surface area contributed by atoms with Gasteiger partial charge in [-0.1, -0.05) is 0 Å². The highest BCUT2D eigenvalue weighted by Crippen LogP contribution is 2.98. The van der Waals surface area contributed by atoms with Gasteiger partial charge in [-0.05, 0) is 0 Å². The van der Waals surface area contributed by atoms with E-state index in [4.69, 9.17) is 40.7 Å². The highest BCUT2D eigenvalue weighted by Gasteiger charge is 3.15. The Balaban J connectivity index is 1.62. The van der Waals surface area contributed by atoms with Crippen LogP contribution in [0.25, 0.3) is 0 Å². The van der Waals surface area contributed by atoms with E-state index >= 15 is 0 Å². The van der Waals surface area contributed by atoms with Crippen molar-refractivity contribution in [3.63, 3.8) is 0 Å². The third kappa shape index (κ3) is 0.853. The average molecular weight is 408 g/mol. The SMILES string of the molecule is O=P12OC3(O)C(O1)(O2)C1(O)OP2(=O)OC1(O2)C1(O)OP2(=O)OC31O2. The van der Waals surface area contributed by atoms with Crippen molar-refractivity contribution in [2.24, 2.45) is 0 Å². The number of phosphoric ester groups is 3. The maximum Gasteiger partial charge on any atom is 0.483 e. The van der Waals surface area contributed by atoms with Crippen molar-refractivity contribution in [1.82, 2.24) is 0 Å². The summed E-state index contributed by atoms with van der Waals surface area (Å²) in [5.74, 6) is -18.4. The van der Waals surface area contributed by atoms with Gasteiger partial charge in [0.25, 0.3) is 17.4 Å². The Morgan fingerprint density at radius 3 is 0.875 bits per heavy atom. The van der Waals surface area contributed by atoms with Gasteiger partial charge in [-0.3, -0.25) is 0 Å². The van der Waals surface area contributed by atoms with Crippen LogP contribution < -0.4 is 0 Å². The van der Waals surface area contributed by atoms with Gasteiger partial charge < -0.3 is 15.3 Å². The molecule has 9 saturated heterocycles. The van der Waals surface area contributed by atoms with Crippen molar-refractivity contribution in [2.45, 2.75) is 34.7 Å². The second kappa shape index (κ2) is 2.87. The first-order valence-corrected chi connectivity index (χ1v) is 10.6. The molecule has 0 atom stereocenters. The molecule has 3 spiro atoms. The molecule has 0 amide bonds. The smallest absolute Gasteiger partial charge is 0.356 e. The molecule has 1 saturated carbocycles. The van der Waals surface area contributed by atoms with Crippen molar-refractivity contribution in [3.05, 3.63) is 0 Å². The van der Waals surface area contributed by atoms with Crippen molar-refractivity contribution in [1.29, 1.82) is 0 Å². The van der Waals surface area contributed by atoms with Crippen LogP contribution in [-0.4, -0.2) is 50.0 Å². The van der Waals surface area contributed by atoms with Crippen LogP contribution in [0.15, 0.2) is 0 Å². The Morgan fingerprint density at radius 1 is 0.458 bits per heavy atom. The van der Waals surface area contributed by atoms with Gasteiger partial charge in [-0.2, -0.15) is 0 Å². The number of rotatable bonds is 0. The summed E-state index contributed by atoms with van der Waals surface area (Å²) in [5.41, 5.74) is 0. The molecule has 0 radical (unpaired) electrons. The summed E-state index contributed by atoms with van der Waals surface area (Å²) in [7, 11) is -13.3. The lowest BCUT2D eigenvalue weighted by molar-refractivity contribution is -0.568. The van der Waals surface area contributed by atoms with Crippen LogP contribution in [0.4, 0.5) is 0 Å². The van der Waals surface area contributed by atoms with Crippen LogP contribution in [0.5, 0.6) is 0 Å². The zero-order valence-corrected chi connectivity index (χ0v) is 13.3. The summed E-state index contributed by atoms with van der Waals surface area (Å²) in [6, 6.07) is 0. The van der Waals surface area contributed by atoms with Crippen LogP contribution in [0.3, 0.4) is 0 Å². The number of hydrogen-bond donors (Lipinski definition) is 3. The molecule has 9 aliphatic heterocycles. The average Bonchev–Trinajstić information content (AvgIpc) is 3.01. The molecule has 10 rings (SSSR count). The van der Waals surface area contributed by atoms with Gasteiger partial charge in [0, 0.05) is 0 Å². The van der Waals surface area contributed by atoms with Gasteiger partial charge in [0.05, 0.1) is 0 Å². The van der Waals surface area contributed by atoms with E-state index in [0.29, 0.717) is 0 Å². The zero-order chi connectivity index (χ0) is 16.9. The topological polar surface area (TPSA) is 195 Å². The molecule has 3 N–H and O–H groups in total. The Labute approximate surface area is 129 Å². The van der Waals surface area contributed by atoms with Crippen molar-refractivity contribution >= 4 is 23.5 Å². The van der Waals surface area contributed by atoms with E-state index in [2.05, 4.69) is 0 Å². The molecular weight excluding hydrogens is 405 g/mol. The maximum absolute atomic E-state index is 12.1. The van der Waals surface area contributed by atoms with E-state index < -0.39 is 58.2 Å². The number of aliphatic hydroxyl groups is 3. The Morgan fingerprint density at radius 2 is 0.667 bits per heavy atom. The summed E-state index contributed by atoms with van der Waals surface area (Å²) in [6.07, 6.45) is 0. The second-order valence-corrected chi connectivity index (χ2v) is 10.3. The van der Waals surface area contributed by atoms with E-state index in [9.17, 15) is 29.0 Å². The maximum atomic E-state index is 12.1. The van der Waals surface area contributed by atoms with Crippen molar-refractivity contribution < 1.29 is 69.7 Å². The third-order valence-electron chi connectivity index (χ3n) is 4.85. The Kier molecular flexibility index (Phi) is 1.71. The van der Waals surface area contributed by atoms with Gasteiger partial charge in [0.1, 0.15) is 0 Å². The van der Waals surface area contributed by atoms with E-state index in [1.807, 2.05) is 0 Å². The highest BCUT2D eigenvalue weighted by atomic mass is 31.2. The molecule has 9 heterocycles. The lowest BCUT2D eigenvalue weighted by atomic mass is 9.69. The first-order valence-electron chi connectivity index (χ1n) is 6.20. The van der Waals surface area contributed by atoms with E-state index in [-0.39, 0.29) is 0 Å². The van der Waals surface area contributed by atoms with E-state index in [1.165, 1.54) is 0 Å². The molecule has 0 aromatic heterocycles. The Hall–Kier alpha value is 0.210. The number of phosphoric acid groups is 3. The van der Waals surface area contributed by atoms with Gasteiger partial charge >= 0.3 is 40.8 Å². The van der Waals surface area contributed by atoms with Gasteiger partial charge in [-0.15, -0.1) is 0 Å². The fourth-order valence-corrected chi connectivity index (χ4v) is 9.34. The molecule has 0 aromatic rings. The predicted molar refractivity (Wildman–Crippen MR) is 55.6 cm³/mol. The van der Waals surface area contributed by atoms with Crippen LogP contribution in [0.2, 0.25) is 0 Å². The first-order chi connectivity index (χ1) is 10.9. The minimum absolute atomic E-state index is 2.93. The van der Waals surface area contributed by atoms with Crippen LogP contribution in [-0.2, 0) is 54.4 Å². The summed E-state index contributed by atoms with van der Waals surface area (Å²) >= 11 is 0. The minimum atomic E-state index is -4.43. The normalized spacial score (nSPS) is 81.6. The fourth-order valence-electron chi connectivity index (χ4n) is 4.00. The highest BCUT2D eigenvalue weighted by molar-refractivity contribution is 7.51. The van der Waals surface area contributed by atoms with Crippen LogP contribution in [0, 0.1) is 0 Å². The summed E-state index contributed by atoms with van der Waals surface area (Å²) in [6.45, 7) is 0. The molecule has 18 heteroatoms. The summed E-state index contributed by atoms with van der Waals surface area (Å²) in [4.78, 5) is 0. The molecule has 132 valence electrons. The van der Waals surface area contributed by atoms with Gasteiger partial charge in [0.15, 0.2) is 0 Å². The molecule has 15 nitrogen and oxygen atoms in total. The molecule has 0 aromatic carbocycles. The van der Waals surface area contributed by atoms with Gasteiger partial charge in [0.2, 0.25) is 0 Å². The Bertz CT molecular complexity index is 763. The molecule has 10 fully saturated rings. The summed E-state index contributed by atoms with van der Waals surface area (Å²) < 4.78 is 79.5. The molecule has 24 heavy (non-hydrogen) atoms. The van der Waals surface area contributed by atoms with Crippen molar-refractivity contribution in [2.75, 3.05) is 0 Å². The molecule has 10 aliphatic rings. The monoisotopic (exact) mass is 408 g/mol. The van der Waals surface area contributed by atoms with Crippen LogP contribution in [0.1, 0.15) is 0 Å². The standard InChI is InChI=1S/C6H3O15P3/c7-1-4(16-22(10,13-1)17-4)2(8)6(20-24(12,15-2)21-6)3(9)5(1)18-23(11,14-3)19-5/h7-9H. The number of hydrogen-bond acceptors (Lipinski definition) is 15. The zero-order valence-electron chi connectivity index (χ0n) is 10.6. The second-order valence-electron chi connectivity index (χ2n) is 5.95. The molecule has 6 bridgehead atoms. The first kappa shape index (κ1) is 14.3. The predicted octanol–water partition coefficient (Wildman–Crippen LogP) is -1.29. The quantitative estimate of drug-likeness (QED) is 0.400. The largest absolute Gasteiger partial charge is 0.483 e. The molecule has 0 unspecified atom stereocenters. The molecule has 1 aliphatic carbocycles. The van der Waals surface area contributed by atoms with Gasteiger partial charge in [-0.25, -0.2) is 54.4 Å². The lowest BCUT2D eigenvalue weighted by Crippen LogP contribution is -2.94. The third-order valence-corrected chi connectivity index (χ3v) is 9.20. The fraction of sp³-hybridized carbons (Fsp3) is 1.00. The van der Waals surface area contributed by atoms with Crippen molar-refractivity contribution in [3.8, 4) is 0 Å². The summed E-state index contributed by atoms with van der Waals surface area (Å²) in [5, 5.41) is 32.6. The van der Waals surface area contributed by atoms with E-state index in [0.717, 1.165) is 0 Å². The minimum Gasteiger partial charge on any atom is -0.356 e. The van der Waals surface area contributed by atoms with E-state index in [1.54, 1.807) is 0 Å². The molecular formula is C6H3O15P3. The lowest BCUT2D eigenvalue weighted by Gasteiger charge is -2.61. The van der Waals surface area contributed by atoms with Crippen LogP contribution >= 0.6 is 23.5 Å².